The van der Waals surface area contributed by atoms with Gasteiger partial charge in [0.15, 0.2) is 9.84 Å². The highest BCUT2D eigenvalue weighted by Gasteiger charge is 2.17. The van der Waals surface area contributed by atoms with E-state index in [1.807, 2.05) is 0 Å². The molecule has 0 bridgehead atoms. The molecular weight excluding hydrogens is 292 g/mol. The number of hydrogen-bond donors (Lipinski definition) is 1. The van der Waals surface area contributed by atoms with Crippen LogP contribution in [0.3, 0.4) is 0 Å². The molecule has 0 spiro atoms. The second-order valence-corrected chi connectivity index (χ2v) is 6.61. The van der Waals surface area contributed by atoms with E-state index in [9.17, 15) is 13.2 Å². The Balaban J connectivity index is 2.54. The monoisotopic (exact) mass is 306 g/mol. The number of benzene rings is 2. The molecule has 0 saturated carbocycles. The Bertz CT molecular complexity index is 793. The van der Waals surface area contributed by atoms with E-state index < -0.39 is 15.8 Å². The zero-order chi connectivity index (χ0) is 15.6. The molecular formula is C15H14O5S. The van der Waals surface area contributed by atoms with Crippen molar-refractivity contribution in [1.82, 2.24) is 0 Å². The molecule has 21 heavy (non-hydrogen) atoms. The molecule has 2 rings (SSSR count). The molecule has 0 aliphatic heterocycles. The van der Waals surface area contributed by atoms with Gasteiger partial charge < -0.3 is 9.84 Å². The summed E-state index contributed by atoms with van der Waals surface area (Å²) in [7, 11) is -3.47. The first kappa shape index (κ1) is 15.1. The summed E-state index contributed by atoms with van der Waals surface area (Å²) >= 11 is 0. The second kappa shape index (κ2) is 5.57. The number of carboxylic acids is 1. The van der Waals surface area contributed by atoms with Gasteiger partial charge in [-0.15, -0.1) is 0 Å². The van der Waals surface area contributed by atoms with Crippen LogP contribution in [0, 0.1) is 6.92 Å². The van der Waals surface area contributed by atoms with Gasteiger partial charge in [-0.25, -0.2) is 13.2 Å². The normalized spacial score (nSPS) is 11.1. The minimum absolute atomic E-state index is 0.0165. The van der Waals surface area contributed by atoms with E-state index in [0.717, 1.165) is 11.8 Å². The maximum absolute atomic E-state index is 11.7. The van der Waals surface area contributed by atoms with Crippen molar-refractivity contribution >= 4 is 15.8 Å². The van der Waals surface area contributed by atoms with Gasteiger partial charge >= 0.3 is 5.97 Å². The quantitative estimate of drug-likeness (QED) is 0.939. The molecule has 0 amide bonds. The van der Waals surface area contributed by atoms with Gasteiger partial charge in [-0.2, -0.15) is 0 Å². The molecule has 2 aromatic rings. The molecule has 1 N–H and O–H groups in total. The fourth-order valence-corrected chi connectivity index (χ4v) is 2.65. The predicted molar refractivity (Wildman–Crippen MR) is 77.8 cm³/mol. The first-order chi connectivity index (χ1) is 9.79. The average Bonchev–Trinajstić information content (AvgIpc) is 2.37. The molecule has 0 aliphatic carbocycles. The topological polar surface area (TPSA) is 80.7 Å². The van der Waals surface area contributed by atoms with E-state index in [1.54, 1.807) is 31.2 Å². The Hall–Kier alpha value is -2.34. The third-order valence-electron chi connectivity index (χ3n) is 2.84. The number of rotatable bonds is 4. The first-order valence-corrected chi connectivity index (χ1v) is 7.99. The van der Waals surface area contributed by atoms with Crippen LogP contribution < -0.4 is 4.74 Å². The third kappa shape index (κ3) is 3.41. The van der Waals surface area contributed by atoms with Crippen LogP contribution in [0.15, 0.2) is 47.4 Å². The molecule has 110 valence electrons. The molecule has 5 nitrogen and oxygen atoms in total. The van der Waals surface area contributed by atoms with E-state index in [2.05, 4.69) is 0 Å². The van der Waals surface area contributed by atoms with Crippen molar-refractivity contribution in [2.45, 2.75) is 11.8 Å². The van der Waals surface area contributed by atoms with Gasteiger partial charge in [0.1, 0.15) is 22.0 Å². The summed E-state index contributed by atoms with van der Waals surface area (Å²) in [6, 6.07) is 10.8. The maximum atomic E-state index is 11.7. The lowest BCUT2D eigenvalue weighted by Crippen LogP contribution is -2.03. The average molecular weight is 306 g/mol. The van der Waals surface area contributed by atoms with Crippen molar-refractivity contribution in [3.63, 3.8) is 0 Å². The van der Waals surface area contributed by atoms with E-state index in [1.165, 1.54) is 18.2 Å². The van der Waals surface area contributed by atoms with Gasteiger partial charge in [-0.05, 0) is 36.8 Å². The molecule has 0 aliphatic rings. The molecule has 0 unspecified atom stereocenters. The van der Waals surface area contributed by atoms with Crippen LogP contribution in [0.2, 0.25) is 0 Å². The van der Waals surface area contributed by atoms with E-state index in [-0.39, 0.29) is 22.0 Å². The highest BCUT2D eigenvalue weighted by atomic mass is 32.2. The highest BCUT2D eigenvalue weighted by Crippen LogP contribution is 2.31. The Labute approximate surface area is 122 Å². The Morgan fingerprint density at radius 3 is 2.38 bits per heavy atom. The third-order valence-corrected chi connectivity index (χ3v) is 3.97. The van der Waals surface area contributed by atoms with Gasteiger partial charge in [0, 0.05) is 6.26 Å². The summed E-state index contributed by atoms with van der Waals surface area (Å²) < 4.78 is 29.0. The minimum Gasteiger partial charge on any atom is -0.478 e. The van der Waals surface area contributed by atoms with Crippen LogP contribution in [0.4, 0.5) is 0 Å². The number of hydrogen-bond acceptors (Lipinski definition) is 4. The number of aromatic carboxylic acids is 1. The SMILES string of the molecule is Cc1ccc(C(=O)O)c(Oc2ccccc2S(C)(=O)=O)c1. The van der Waals surface area contributed by atoms with E-state index in [4.69, 9.17) is 9.84 Å². The summed E-state index contributed by atoms with van der Waals surface area (Å²) in [6.45, 7) is 1.79. The first-order valence-electron chi connectivity index (χ1n) is 6.10. The number of carboxylic acid groups (broad SMARTS) is 1. The number of aryl methyl sites for hydroxylation is 1. The minimum atomic E-state index is -3.47. The maximum Gasteiger partial charge on any atom is 0.339 e. The number of para-hydroxylation sites is 1. The molecule has 0 aromatic heterocycles. The Kier molecular flexibility index (Phi) is 3.99. The summed E-state index contributed by atoms with van der Waals surface area (Å²) in [5, 5.41) is 9.17. The van der Waals surface area contributed by atoms with E-state index >= 15 is 0 Å². The standard InChI is InChI=1S/C15H14O5S/c1-10-7-8-11(15(16)17)13(9-10)20-12-5-3-4-6-14(12)21(2,18)19/h3-9H,1-2H3,(H,16,17). The van der Waals surface area contributed by atoms with Crippen molar-refractivity contribution in [2.24, 2.45) is 0 Å². The van der Waals surface area contributed by atoms with E-state index in [0.29, 0.717) is 0 Å². The van der Waals surface area contributed by atoms with Crippen LogP contribution in [0.25, 0.3) is 0 Å². The van der Waals surface area contributed by atoms with Crippen LogP contribution in [0.5, 0.6) is 11.5 Å². The molecule has 0 heterocycles. The lowest BCUT2D eigenvalue weighted by molar-refractivity contribution is 0.0694. The number of sulfone groups is 1. The molecule has 0 saturated heterocycles. The van der Waals surface area contributed by atoms with Crippen LogP contribution in [0.1, 0.15) is 15.9 Å². The fraction of sp³-hybridized carbons (Fsp3) is 0.133. The van der Waals surface area contributed by atoms with Crippen LogP contribution >= 0.6 is 0 Å². The van der Waals surface area contributed by atoms with Gasteiger partial charge in [0.05, 0.1) is 0 Å². The number of ether oxygens (including phenoxy) is 1. The summed E-state index contributed by atoms with van der Waals surface area (Å²) in [6.07, 6.45) is 1.07. The smallest absolute Gasteiger partial charge is 0.339 e. The molecule has 0 atom stereocenters. The Morgan fingerprint density at radius 1 is 1.10 bits per heavy atom. The molecule has 0 fully saturated rings. The zero-order valence-electron chi connectivity index (χ0n) is 11.5. The molecule has 2 aromatic carbocycles. The molecule has 0 radical (unpaired) electrons. The fourth-order valence-electron chi connectivity index (χ4n) is 1.85. The summed E-state index contributed by atoms with van der Waals surface area (Å²) in [5.41, 5.74) is 0.788. The van der Waals surface area contributed by atoms with Gasteiger partial charge in [-0.3, -0.25) is 0 Å². The van der Waals surface area contributed by atoms with Crippen molar-refractivity contribution in [3.05, 3.63) is 53.6 Å². The van der Waals surface area contributed by atoms with Crippen LogP contribution in [-0.2, 0) is 9.84 Å². The highest BCUT2D eigenvalue weighted by molar-refractivity contribution is 7.90. The van der Waals surface area contributed by atoms with Gasteiger partial charge in [0.25, 0.3) is 0 Å². The largest absolute Gasteiger partial charge is 0.478 e. The van der Waals surface area contributed by atoms with Crippen LogP contribution in [-0.4, -0.2) is 25.7 Å². The second-order valence-electron chi connectivity index (χ2n) is 4.63. The van der Waals surface area contributed by atoms with Crippen molar-refractivity contribution < 1.29 is 23.1 Å². The lowest BCUT2D eigenvalue weighted by atomic mass is 10.1. The van der Waals surface area contributed by atoms with Crippen molar-refractivity contribution in [1.29, 1.82) is 0 Å². The zero-order valence-corrected chi connectivity index (χ0v) is 12.3. The molecule has 6 heteroatoms. The summed E-state index contributed by atoms with van der Waals surface area (Å²) in [5.74, 6) is -0.923. The predicted octanol–water partition coefficient (Wildman–Crippen LogP) is 2.89. The number of carbonyl (C=O) groups is 1. The van der Waals surface area contributed by atoms with Crippen molar-refractivity contribution in [3.8, 4) is 11.5 Å². The van der Waals surface area contributed by atoms with Crippen molar-refractivity contribution in [2.75, 3.05) is 6.26 Å². The van der Waals surface area contributed by atoms with Gasteiger partial charge in [-0.1, -0.05) is 18.2 Å². The van der Waals surface area contributed by atoms with Gasteiger partial charge in [0.2, 0.25) is 0 Å². The summed E-state index contributed by atoms with van der Waals surface area (Å²) in [4.78, 5) is 11.2. The lowest BCUT2D eigenvalue weighted by Gasteiger charge is -2.12. The Morgan fingerprint density at radius 2 is 1.76 bits per heavy atom.